The molecule has 2 aliphatic carbocycles. The molecule has 3 N–H and O–H groups in total. The van der Waals surface area contributed by atoms with Crippen LogP contribution in [0.15, 0.2) is 18.2 Å². The van der Waals surface area contributed by atoms with Gasteiger partial charge in [-0.3, -0.25) is 4.72 Å². The van der Waals surface area contributed by atoms with Crippen molar-refractivity contribution in [1.29, 1.82) is 0 Å². The van der Waals surface area contributed by atoms with E-state index in [2.05, 4.69) is 21.4 Å². The predicted molar refractivity (Wildman–Crippen MR) is 125 cm³/mol. The monoisotopic (exact) mass is 450 g/mol. The van der Waals surface area contributed by atoms with E-state index in [0.717, 1.165) is 55.0 Å². The minimum atomic E-state index is -0.212. The van der Waals surface area contributed by atoms with Gasteiger partial charge >= 0.3 is 6.03 Å². The Balaban J connectivity index is 1.39. The smallest absolute Gasteiger partial charge is 0.317 e. The maximum atomic E-state index is 14.2. The third kappa shape index (κ3) is 8.33. The molecule has 172 valence electrons. The second kappa shape index (κ2) is 12.3. The lowest BCUT2D eigenvalue weighted by molar-refractivity contribution is -0.108. The maximum Gasteiger partial charge on any atom is 0.317 e. The first-order valence-corrected chi connectivity index (χ1v) is 12.4. The molecule has 1 aromatic rings. The highest BCUT2D eigenvalue weighted by molar-refractivity contribution is 7.97. The van der Waals surface area contributed by atoms with Gasteiger partial charge in [0, 0.05) is 37.6 Å². The predicted octanol–water partition coefficient (Wildman–Crippen LogP) is 4.35. The summed E-state index contributed by atoms with van der Waals surface area (Å²) in [5, 5.41) is 5.96. The molecule has 0 radical (unpaired) electrons. The minimum Gasteiger partial charge on any atom is -0.385 e. The Bertz CT molecular complexity index is 728. The van der Waals surface area contributed by atoms with Gasteiger partial charge in [-0.1, -0.05) is 18.4 Å². The molecule has 6 nitrogen and oxygen atoms in total. The van der Waals surface area contributed by atoms with Crippen molar-refractivity contribution in [3.63, 3.8) is 0 Å². The van der Waals surface area contributed by atoms with Gasteiger partial charge in [-0.25, -0.2) is 9.18 Å². The van der Waals surface area contributed by atoms with E-state index in [4.69, 9.17) is 0 Å². The lowest BCUT2D eigenvalue weighted by Gasteiger charge is -2.20. The molecular weight excluding hydrogens is 415 g/mol. The summed E-state index contributed by atoms with van der Waals surface area (Å²) in [4.78, 5) is 23.9. The number of hydrogen-bond donors (Lipinski definition) is 3. The van der Waals surface area contributed by atoms with Gasteiger partial charge in [-0.15, -0.1) is 0 Å². The van der Waals surface area contributed by atoms with E-state index in [9.17, 15) is 14.0 Å². The highest BCUT2D eigenvalue weighted by atomic mass is 32.2. The van der Waals surface area contributed by atoms with Gasteiger partial charge in [0.15, 0.2) is 0 Å². The third-order valence-electron chi connectivity index (χ3n) is 5.85. The molecule has 3 rings (SSSR count). The fraction of sp³-hybridized carbons (Fsp3) is 0.652. The van der Waals surface area contributed by atoms with E-state index >= 15 is 0 Å². The first kappa shape index (κ1) is 23.9. The molecule has 2 aliphatic rings. The standard InChI is InChI=1S/C23H35FN4O2S/c1-25-23(30)28(10-11-29)9-3-2-4-12-31-27-22(18-7-8-18)19-13-20(24)15-21(14-19)26-16-17-5-6-17/h11,13-15,17-18,22,26-27H,2-10,12,16H2,1H3,(H,25,30). The molecule has 0 saturated heterocycles. The van der Waals surface area contributed by atoms with E-state index in [1.54, 1.807) is 31.1 Å². The number of rotatable bonds is 15. The summed E-state index contributed by atoms with van der Waals surface area (Å²) in [6.45, 7) is 1.65. The van der Waals surface area contributed by atoms with Crippen molar-refractivity contribution in [2.75, 3.05) is 37.8 Å². The summed E-state index contributed by atoms with van der Waals surface area (Å²) in [5.41, 5.74) is 1.92. The maximum absolute atomic E-state index is 14.2. The van der Waals surface area contributed by atoms with Crippen molar-refractivity contribution in [1.82, 2.24) is 14.9 Å². The van der Waals surface area contributed by atoms with E-state index in [-0.39, 0.29) is 24.4 Å². The molecule has 1 aromatic carbocycles. The number of anilines is 1. The van der Waals surface area contributed by atoms with E-state index in [1.807, 2.05) is 0 Å². The second-order valence-corrected chi connectivity index (χ2v) is 9.54. The first-order valence-electron chi connectivity index (χ1n) is 11.4. The molecule has 2 fully saturated rings. The van der Waals surface area contributed by atoms with Gasteiger partial charge in [-0.2, -0.15) is 0 Å². The number of unbranched alkanes of at least 4 members (excludes halogenated alkanes) is 2. The summed E-state index contributed by atoms with van der Waals surface area (Å²) >= 11 is 1.70. The fourth-order valence-electron chi connectivity index (χ4n) is 3.67. The van der Waals surface area contributed by atoms with E-state index in [1.165, 1.54) is 30.6 Å². The van der Waals surface area contributed by atoms with Crippen LogP contribution in [-0.2, 0) is 4.79 Å². The number of hydrogen-bond acceptors (Lipinski definition) is 5. The van der Waals surface area contributed by atoms with Gasteiger partial charge in [0.25, 0.3) is 0 Å². The zero-order valence-corrected chi connectivity index (χ0v) is 19.2. The molecule has 8 heteroatoms. The molecule has 0 bridgehead atoms. The lowest BCUT2D eigenvalue weighted by Crippen LogP contribution is -2.39. The van der Waals surface area contributed by atoms with Gasteiger partial charge < -0.3 is 20.3 Å². The molecule has 0 aromatic heterocycles. The Kier molecular flexibility index (Phi) is 9.46. The number of urea groups is 1. The third-order valence-corrected chi connectivity index (χ3v) is 6.76. The van der Waals surface area contributed by atoms with Crippen molar-refractivity contribution in [3.8, 4) is 0 Å². The van der Waals surface area contributed by atoms with Crippen LogP contribution < -0.4 is 15.4 Å². The second-order valence-electron chi connectivity index (χ2n) is 8.61. The molecule has 2 saturated carbocycles. The Morgan fingerprint density at radius 1 is 1.23 bits per heavy atom. The Morgan fingerprint density at radius 3 is 2.71 bits per heavy atom. The Morgan fingerprint density at radius 2 is 2.03 bits per heavy atom. The van der Waals surface area contributed by atoms with Crippen molar-refractivity contribution in [2.24, 2.45) is 11.8 Å². The van der Waals surface area contributed by atoms with Gasteiger partial charge in [-0.05, 0) is 74.1 Å². The highest BCUT2D eigenvalue weighted by Gasteiger charge is 2.32. The van der Waals surface area contributed by atoms with Gasteiger partial charge in [0.2, 0.25) is 0 Å². The first-order chi connectivity index (χ1) is 15.1. The molecule has 1 atom stereocenters. The van der Waals surface area contributed by atoms with Crippen LogP contribution in [0, 0.1) is 17.7 Å². The number of carbonyl (C=O) groups is 2. The highest BCUT2D eigenvalue weighted by Crippen LogP contribution is 2.42. The number of carbonyl (C=O) groups excluding carboxylic acids is 2. The molecule has 0 spiro atoms. The number of halogens is 1. The van der Waals surface area contributed by atoms with Crippen LogP contribution in [0.3, 0.4) is 0 Å². The molecule has 31 heavy (non-hydrogen) atoms. The minimum absolute atomic E-state index is 0.129. The van der Waals surface area contributed by atoms with Crippen LogP contribution in [0.1, 0.15) is 56.6 Å². The molecule has 0 heterocycles. The van der Waals surface area contributed by atoms with Crippen LogP contribution in [-0.4, -0.2) is 49.7 Å². The van der Waals surface area contributed by atoms with Crippen LogP contribution in [0.25, 0.3) is 0 Å². The largest absolute Gasteiger partial charge is 0.385 e. The quantitative estimate of drug-likeness (QED) is 0.211. The Labute approximate surface area is 189 Å². The van der Waals surface area contributed by atoms with Crippen molar-refractivity contribution in [3.05, 3.63) is 29.6 Å². The Hall–Kier alpha value is -1.80. The van der Waals surface area contributed by atoms with E-state index in [0.29, 0.717) is 12.5 Å². The average molecular weight is 451 g/mol. The summed E-state index contributed by atoms with van der Waals surface area (Å²) in [6, 6.07) is 5.33. The number of amides is 2. The fourth-order valence-corrected chi connectivity index (χ4v) is 4.64. The molecule has 1 unspecified atom stereocenters. The van der Waals surface area contributed by atoms with Crippen LogP contribution in [0.5, 0.6) is 0 Å². The topological polar surface area (TPSA) is 73.5 Å². The number of nitrogens with one attached hydrogen (secondary N) is 3. The van der Waals surface area contributed by atoms with Crippen LogP contribution in [0.4, 0.5) is 14.9 Å². The summed E-state index contributed by atoms with van der Waals surface area (Å²) in [6.07, 6.45) is 8.56. The van der Waals surface area contributed by atoms with Crippen molar-refractivity contribution in [2.45, 2.75) is 51.0 Å². The van der Waals surface area contributed by atoms with Gasteiger partial charge in [0.05, 0.1) is 6.54 Å². The van der Waals surface area contributed by atoms with E-state index < -0.39 is 0 Å². The zero-order chi connectivity index (χ0) is 22.1. The molecule has 0 aliphatic heterocycles. The summed E-state index contributed by atoms with van der Waals surface area (Å²) < 4.78 is 17.8. The average Bonchev–Trinajstić information content (AvgIpc) is 3.67. The summed E-state index contributed by atoms with van der Waals surface area (Å²) in [7, 11) is 1.57. The van der Waals surface area contributed by atoms with Crippen LogP contribution >= 0.6 is 11.9 Å². The molecule has 2 amide bonds. The lowest BCUT2D eigenvalue weighted by atomic mass is 10.0. The van der Waals surface area contributed by atoms with Crippen molar-refractivity contribution < 1.29 is 14.0 Å². The van der Waals surface area contributed by atoms with Crippen LogP contribution in [0.2, 0.25) is 0 Å². The zero-order valence-electron chi connectivity index (χ0n) is 18.4. The number of benzene rings is 1. The summed E-state index contributed by atoms with van der Waals surface area (Å²) in [5.74, 6) is 2.11. The SMILES string of the molecule is CNC(=O)N(CC=O)CCCCCSNC(c1cc(F)cc(NCC2CC2)c1)C1CC1. The van der Waals surface area contributed by atoms with Crippen molar-refractivity contribution >= 4 is 30.0 Å². The normalized spacial score (nSPS) is 16.6. The number of nitrogens with zero attached hydrogens (tertiary/aromatic N) is 1. The van der Waals surface area contributed by atoms with Gasteiger partial charge in [0.1, 0.15) is 12.1 Å². The molecular formula is C23H35FN4O2S. The number of aldehydes is 1.